The lowest BCUT2D eigenvalue weighted by Crippen LogP contribution is -2.30. The predicted octanol–water partition coefficient (Wildman–Crippen LogP) is 3.14. The average molecular weight is 347 g/mol. The molecule has 0 aliphatic carbocycles. The molecule has 1 heterocycles. The second-order valence-electron chi connectivity index (χ2n) is 5.95. The minimum Gasteiger partial charge on any atom is -0.377 e. The lowest BCUT2D eigenvalue weighted by atomic mass is 10.1. The Hall–Kier alpha value is -3.03. The summed E-state index contributed by atoms with van der Waals surface area (Å²) in [4.78, 5) is 26.4. The number of benzene rings is 2. The number of nitro groups is 1. The van der Waals surface area contributed by atoms with Gasteiger partial charge in [-0.3, -0.25) is 14.9 Å². The van der Waals surface area contributed by atoms with E-state index in [0.29, 0.717) is 23.4 Å². The van der Waals surface area contributed by atoms with Crippen molar-refractivity contribution in [3.8, 4) is 0 Å². The maximum Gasteiger partial charge on any atom is 0.270 e. The Morgan fingerprint density at radius 1 is 1.20 bits per heavy atom. The molecule has 2 aromatic rings. The fraction of sp³-hybridized carbons (Fsp3) is 0.235. The number of hydrogen-bond donors (Lipinski definition) is 0. The summed E-state index contributed by atoms with van der Waals surface area (Å²) in [6.45, 7) is 0.257. The SMILES string of the molecule is CN(C)c1ccc([N+](=O)[O-])cc1C(=O)N1CCc2cc(F)c(F)cc21. The summed E-state index contributed by atoms with van der Waals surface area (Å²) in [6, 6.07) is 6.09. The van der Waals surface area contributed by atoms with E-state index in [4.69, 9.17) is 0 Å². The van der Waals surface area contributed by atoms with Crippen LogP contribution in [-0.2, 0) is 6.42 Å². The number of halogens is 2. The summed E-state index contributed by atoms with van der Waals surface area (Å²) in [6.07, 6.45) is 0.393. The number of nitro benzene ring substituents is 1. The van der Waals surface area contributed by atoms with Gasteiger partial charge in [0.15, 0.2) is 11.6 Å². The molecule has 0 atom stereocenters. The van der Waals surface area contributed by atoms with Gasteiger partial charge in [-0.15, -0.1) is 0 Å². The molecule has 2 aromatic carbocycles. The summed E-state index contributed by atoms with van der Waals surface area (Å²) in [5, 5.41) is 11.0. The van der Waals surface area contributed by atoms with Crippen LogP contribution in [0.2, 0.25) is 0 Å². The van der Waals surface area contributed by atoms with Crippen LogP contribution in [0, 0.1) is 21.7 Å². The van der Waals surface area contributed by atoms with Gasteiger partial charge in [-0.2, -0.15) is 0 Å². The summed E-state index contributed by atoms with van der Waals surface area (Å²) in [7, 11) is 3.43. The fourth-order valence-corrected chi connectivity index (χ4v) is 2.94. The number of nitrogens with zero attached hydrogens (tertiary/aromatic N) is 3. The van der Waals surface area contributed by atoms with Crippen LogP contribution in [0.25, 0.3) is 0 Å². The second kappa shape index (κ2) is 6.12. The third-order valence-electron chi connectivity index (χ3n) is 4.17. The van der Waals surface area contributed by atoms with Gasteiger partial charge in [-0.25, -0.2) is 8.78 Å². The molecule has 0 saturated carbocycles. The molecular formula is C17H15F2N3O3. The molecule has 0 bridgehead atoms. The van der Waals surface area contributed by atoms with Gasteiger partial charge in [0, 0.05) is 44.5 Å². The van der Waals surface area contributed by atoms with Crippen molar-refractivity contribution in [3.05, 3.63) is 63.2 Å². The van der Waals surface area contributed by atoms with Crippen LogP contribution < -0.4 is 9.80 Å². The van der Waals surface area contributed by atoms with Crippen LogP contribution in [0.3, 0.4) is 0 Å². The van der Waals surface area contributed by atoms with Crippen molar-refractivity contribution in [1.82, 2.24) is 0 Å². The molecule has 0 radical (unpaired) electrons. The van der Waals surface area contributed by atoms with Crippen LogP contribution >= 0.6 is 0 Å². The first-order valence-electron chi connectivity index (χ1n) is 7.55. The topological polar surface area (TPSA) is 66.7 Å². The number of non-ortho nitro benzene ring substituents is 1. The van der Waals surface area contributed by atoms with Gasteiger partial charge in [0.25, 0.3) is 11.6 Å². The number of amides is 1. The number of hydrogen-bond acceptors (Lipinski definition) is 4. The quantitative estimate of drug-likeness (QED) is 0.632. The zero-order chi connectivity index (χ0) is 18.3. The molecule has 1 aliphatic rings. The third kappa shape index (κ3) is 2.90. The van der Waals surface area contributed by atoms with E-state index in [1.807, 2.05) is 0 Å². The van der Waals surface area contributed by atoms with Crippen molar-refractivity contribution >= 4 is 23.0 Å². The first-order valence-corrected chi connectivity index (χ1v) is 7.55. The molecule has 0 fully saturated rings. The lowest BCUT2D eigenvalue weighted by molar-refractivity contribution is -0.384. The van der Waals surface area contributed by atoms with Gasteiger partial charge in [0.05, 0.1) is 16.2 Å². The van der Waals surface area contributed by atoms with Gasteiger partial charge in [0.1, 0.15) is 0 Å². The minimum absolute atomic E-state index is 0.136. The molecule has 0 aromatic heterocycles. The van der Waals surface area contributed by atoms with E-state index in [0.717, 1.165) is 12.1 Å². The van der Waals surface area contributed by atoms with Crippen molar-refractivity contribution < 1.29 is 18.5 Å². The Kier molecular flexibility index (Phi) is 4.12. The zero-order valence-electron chi connectivity index (χ0n) is 13.6. The highest BCUT2D eigenvalue weighted by Crippen LogP contribution is 2.33. The number of anilines is 2. The van der Waals surface area contributed by atoms with Gasteiger partial charge < -0.3 is 9.80 Å². The number of carbonyl (C=O) groups is 1. The van der Waals surface area contributed by atoms with E-state index in [1.165, 1.54) is 23.1 Å². The van der Waals surface area contributed by atoms with E-state index >= 15 is 0 Å². The number of fused-ring (bicyclic) bond motifs is 1. The van der Waals surface area contributed by atoms with Gasteiger partial charge >= 0.3 is 0 Å². The largest absolute Gasteiger partial charge is 0.377 e. The molecule has 0 unspecified atom stereocenters. The summed E-state index contributed by atoms with van der Waals surface area (Å²) < 4.78 is 27.0. The molecule has 6 nitrogen and oxygen atoms in total. The van der Waals surface area contributed by atoms with E-state index in [2.05, 4.69) is 0 Å². The van der Waals surface area contributed by atoms with Crippen molar-refractivity contribution in [1.29, 1.82) is 0 Å². The normalized spacial score (nSPS) is 12.9. The van der Waals surface area contributed by atoms with E-state index in [9.17, 15) is 23.7 Å². The third-order valence-corrected chi connectivity index (χ3v) is 4.17. The predicted molar refractivity (Wildman–Crippen MR) is 89.2 cm³/mol. The maximum absolute atomic E-state index is 13.6. The van der Waals surface area contributed by atoms with Gasteiger partial charge in [0.2, 0.25) is 0 Å². The summed E-state index contributed by atoms with van der Waals surface area (Å²) >= 11 is 0. The Morgan fingerprint density at radius 3 is 2.52 bits per heavy atom. The molecule has 0 N–H and O–H groups in total. The molecule has 25 heavy (non-hydrogen) atoms. The maximum atomic E-state index is 13.6. The van der Waals surface area contributed by atoms with Crippen molar-refractivity contribution in [2.75, 3.05) is 30.4 Å². The highest BCUT2D eigenvalue weighted by atomic mass is 19.2. The number of carbonyl (C=O) groups excluding carboxylic acids is 1. The first kappa shape index (κ1) is 16.8. The van der Waals surface area contributed by atoms with Gasteiger partial charge in [-0.05, 0) is 24.1 Å². The fourth-order valence-electron chi connectivity index (χ4n) is 2.94. The van der Waals surface area contributed by atoms with E-state index in [-0.39, 0.29) is 17.8 Å². The van der Waals surface area contributed by atoms with E-state index < -0.39 is 22.5 Å². The van der Waals surface area contributed by atoms with Gasteiger partial charge in [-0.1, -0.05) is 0 Å². The standard InChI is InChI=1S/C17H15F2N3O3/c1-20(2)15-4-3-11(22(24)25)8-12(15)17(23)21-6-5-10-7-13(18)14(19)9-16(10)21/h3-4,7-9H,5-6H2,1-2H3. The molecule has 0 spiro atoms. The highest BCUT2D eigenvalue weighted by molar-refractivity contribution is 6.11. The lowest BCUT2D eigenvalue weighted by Gasteiger charge is -2.22. The number of rotatable bonds is 3. The molecule has 130 valence electrons. The van der Waals surface area contributed by atoms with Crippen molar-refractivity contribution in [3.63, 3.8) is 0 Å². The zero-order valence-corrected chi connectivity index (χ0v) is 13.6. The summed E-state index contributed by atoms with van der Waals surface area (Å²) in [5.41, 5.74) is 1.26. The summed E-state index contributed by atoms with van der Waals surface area (Å²) in [5.74, 6) is -2.49. The molecule has 1 aliphatic heterocycles. The first-order chi connectivity index (χ1) is 11.8. The van der Waals surface area contributed by atoms with Crippen LogP contribution in [0.4, 0.5) is 25.8 Å². The van der Waals surface area contributed by atoms with Crippen LogP contribution in [0.15, 0.2) is 30.3 Å². The van der Waals surface area contributed by atoms with E-state index in [1.54, 1.807) is 19.0 Å². The molecule has 8 heteroatoms. The molecule has 0 saturated heterocycles. The van der Waals surface area contributed by atoms with Crippen LogP contribution in [0.1, 0.15) is 15.9 Å². The Balaban J connectivity index is 2.07. The Bertz CT molecular complexity index is 884. The minimum atomic E-state index is -1.04. The Labute approximate surface area is 142 Å². The molecular weight excluding hydrogens is 332 g/mol. The monoisotopic (exact) mass is 347 g/mol. The van der Waals surface area contributed by atoms with Crippen LogP contribution in [-0.4, -0.2) is 31.5 Å². The highest BCUT2D eigenvalue weighted by Gasteiger charge is 2.30. The Morgan fingerprint density at radius 2 is 1.88 bits per heavy atom. The molecule has 3 rings (SSSR count). The van der Waals surface area contributed by atoms with Crippen molar-refractivity contribution in [2.45, 2.75) is 6.42 Å². The molecule has 1 amide bonds. The van der Waals surface area contributed by atoms with Crippen LogP contribution in [0.5, 0.6) is 0 Å². The average Bonchev–Trinajstić information content (AvgIpc) is 2.96. The van der Waals surface area contributed by atoms with Crippen molar-refractivity contribution in [2.24, 2.45) is 0 Å². The smallest absolute Gasteiger partial charge is 0.270 e. The second-order valence-corrected chi connectivity index (χ2v) is 5.95.